The van der Waals surface area contributed by atoms with Crippen LogP contribution in [0.1, 0.15) is 0 Å². The van der Waals surface area contributed by atoms with E-state index in [0.29, 0.717) is 23.5 Å². The Bertz CT molecular complexity index is 2460. The van der Waals surface area contributed by atoms with E-state index < -0.39 is 0 Å². The summed E-state index contributed by atoms with van der Waals surface area (Å²) in [6, 6.07) is 51.2. The zero-order valence-corrected chi connectivity index (χ0v) is 24.6. The van der Waals surface area contributed by atoms with E-state index in [-0.39, 0.29) is 0 Å². The maximum Gasteiger partial charge on any atom is 0.238 e. The quantitative estimate of drug-likeness (QED) is 0.199. The minimum absolute atomic E-state index is 0.580. The van der Waals surface area contributed by atoms with Crippen molar-refractivity contribution in [1.82, 2.24) is 24.5 Å². The Morgan fingerprint density at radius 3 is 1.59 bits per heavy atom. The van der Waals surface area contributed by atoms with Crippen LogP contribution >= 0.6 is 0 Å². The van der Waals surface area contributed by atoms with E-state index in [2.05, 4.69) is 89.5 Å². The fraction of sp³-hybridized carbons (Fsp3) is 0. The molecular formula is C40H25N5O. The van der Waals surface area contributed by atoms with E-state index in [1.54, 1.807) is 0 Å². The van der Waals surface area contributed by atoms with Crippen LogP contribution in [0.25, 0.3) is 84.2 Å². The van der Waals surface area contributed by atoms with Crippen LogP contribution < -0.4 is 0 Å². The third-order valence-corrected chi connectivity index (χ3v) is 8.32. The fourth-order valence-corrected chi connectivity index (χ4v) is 6.07. The highest BCUT2D eigenvalue weighted by Gasteiger charge is 2.17. The Labute approximate surface area is 264 Å². The Kier molecular flexibility index (Phi) is 6.03. The van der Waals surface area contributed by atoms with Gasteiger partial charge in [0.25, 0.3) is 0 Å². The van der Waals surface area contributed by atoms with E-state index >= 15 is 0 Å². The lowest BCUT2D eigenvalue weighted by Gasteiger charge is -2.11. The van der Waals surface area contributed by atoms with E-state index in [1.165, 1.54) is 0 Å². The molecule has 0 fully saturated rings. The second-order valence-electron chi connectivity index (χ2n) is 11.2. The van der Waals surface area contributed by atoms with Crippen LogP contribution in [-0.4, -0.2) is 24.5 Å². The van der Waals surface area contributed by atoms with Gasteiger partial charge >= 0.3 is 0 Å². The van der Waals surface area contributed by atoms with Crippen molar-refractivity contribution in [3.05, 3.63) is 152 Å². The van der Waals surface area contributed by atoms with Crippen LogP contribution in [0.3, 0.4) is 0 Å². The first kappa shape index (κ1) is 26.0. The molecule has 0 atom stereocenters. The maximum absolute atomic E-state index is 6.03. The van der Waals surface area contributed by atoms with Gasteiger partial charge in [0.05, 0.1) is 11.0 Å². The van der Waals surface area contributed by atoms with Crippen molar-refractivity contribution < 1.29 is 4.42 Å². The molecule has 3 heterocycles. The van der Waals surface area contributed by atoms with Gasteiger partial charge < -0.3 is 4.42 Å². The number of hydrogen-bond acceptors (Lipinski definition) is 5. The first-order chi connectivity index (χ1) is 22.8. The molecule has 0 saturated carbocycles. The summed E-state index contributed by atoms with van der Waals surface area (Å²) < 4.78 is 8.16. The van der Waals surface area contributed by atoms with Gasteiger partial charge in [0.15, 0.2) is 17.2 Å². The monoisotopic (exact) mass is 591 g/mol. The largest absolute Gasteiger partial charge is 0.436 e. The van der Waals surface area contributed by atoms with Gasteiger partial charge in [-0.05, 0) is 47.5 Å². The normalized spacial score (nSPS) is 11.5. The number of nitrogens with zero attached hydrogens (tertiary/aromatic N) is 5. The number of aromatic nitrogens is 5. The molecular weight excluding hydrogens is 566 g/mol. The van der Waals surface area contributed by atoms with Gasteiger partial charge in [0.2, 0.25) is 11.8 Å². The van der Waals surface area contributed by atoms with Gasteiger partial charge in [-0.25, -0.2) is 9.97 Å². The molecule has 9 rings (SSSR count). The molecule has 0 bridgehead atoms. The number of hydrogen-bond donors (Lipinski definition) is 0. The van der Waals surface area contributed by atoms with Gasteiger partial charge in [0, 0.05) is 27.5 Å². The van der Waals surface area contributed by atoms with E-state index in [0.717, 1.165) is 60.7 Å². The number of benzene rings is 6. The smallest absolute Gasteiger partial charge is 0.238 e. The third-order valence-electron chi connectivity index (χ3n) is 8.32. The molecule has 216 valence electrons. The summed E-state index contributed by atoms with van der Waals surface area (Å²) in [4.78, 5) is 19.8. The summed E-state index contributed by atoms with van der Waals surface area (Å²) >= 11 is 0. The third kappa shape index (κ3) is 4.43. The predicted octanol–water partition coefficient (Wildman–Crippen LogP) is 9.78. The lowest BCUT2D eigenvalue weighted by molar-refractivity contribution is 0.620. The lowest BCUT2D eigenvalue weighted by Crippen LogP contribution is -2.06. The molecule has 6 aromatic carbocycles. The Hall–Kier alpha value is -6.40. The topological polar surface area (TPSA) is 69.6 Å². The van der Waals surface area contributed by atoms with Crippen molar-refractivity contribution in [2.45, 2.75) is 0 Å². The molecule has 0 aliphatic carbocycles. The van der Waals surface area contributed by atoms with Crippen LogP contribution in [0.2, 0.25) is 0 Å². The van der Waals surface area contributed by atoms with Crippen molar-refractivity contribution in [3.63, 3.8) is 0 Å². The van der Waals surface area contributed by atoms with Crippen LogP contribution in [0, 0.1) is 0 Å². The van der Waals surface area contributed by atoms with Crippen LogP contribution in [0.15, 0.2) is 156 Å². The summed E-state index contributed by atoms with van der Waals surface area (Å²) in [5.74, 6) is 2.43. The number of fused-ring (bicyclic) bond motifs is 4. The number of oxazole rings is 1. The van der Waals surface area contributed by atoms with Gasteiger partial charge in [-0.2, -0.15) is 9.97 Å². The molecule has 0 unspecified atom stereocenters. The molecule has 0 saturated heterocycles. The minimum atomic E-state index is 0.580. The van der Waals surface area contributed by atoms with Gasteiger partial charge in [-0.15, -0.1) is 0 Å². The minimum Gasteiger partial charge on any atom is -0.436 e. The zero-order chi connectivity index (χ0) is 30.5. The molecule has 9 aromatic rings. The average Bonchev–Trinajstić information content (AvgIpc) is 3.72. The average molecular weight is 592 g/mol. The van der Waals surface area contributed by atoms with Crippen molar-refractivity contribution in [2.24, 2.45) is 0 Å². The van der Waals surface area contributed by atoms with Gasteiger partial charge in [-0.3, -0.25) is 4.57 Å². The van der Waals surface area contributed by atoms with Crippen molar-refractivity contribution >= 4 is 32.9 Å². The Morgan fingerprint density at radius 1 is 0.413 bits per heavy atom. The highest BCUT2D eigenvalue weighted by Crippen LogP contribution is 2.33. The zero-order valence-electron chi connectivity index (χ0n) is 24.6. The summed E-state index contributed by atoms with van der Waals surface area (Å²) in [6.45, 7) is 0. The predicted molar refractivity (Wildman–Crippen MR) is 183 cm³/mol. The highest BCUT2D eigenvalue weighted by molar-refractivity contribution is 6.09. The van der Waals surface area contributed by atoms with Crippen molar-refractivity contribution in [3.8, 4) is 51.3 Å². The molecule has 6 nitrogen and oxygen atoms in total. The van der Waals surface area contributed by atoms with E-state index in [9.17, 15) is 0 Å². The molecule has 0 aliphatic heterocycles. The summed E-state index contributed by atoms with van der Waals surface area (Å²) in [5, 5.41) is 2.32. The molecule has 0 spiro atoms. The summed E-state index contributed by atoms with van der Waals surface area (Å²) in [7, 11) is 0. The van der Waals surface area contributed by atoms with E-state index in [1.807, 2.05) is 66.7 Å². The summed E-state index contributed by atoms with van der Waals surface area (Å²) in [6.07, 6.45) is 0. The molecule has 0 aliphatic rings. The molecule has 0 amide bonds. The maximum atomic E-state index is 6.03. The fourth-order valence-electron chi connectivity index (χ4n) is 6.07. The molecule has 0 N–H and O–H groups in total. The molecule has 6 heteroatoms. The number of para-hydroxylation sites is 2. The lowest BCUT2D eigenvalue weighted by atomic mass is 10.0. The van der Waals surface area contributed by atoms with Gasteiger partial charge in [0.1, 0.15) is 5.52 Å². The first-order valence-corrected chi connectivity index (χ1v) is 15.2. The standard InChI is InChI=1S/C40H25N5O/c1-3-11-27(12-4-1)37-42-38(44-40(43-37)45-34-17-9-7-15-31(34)32-16-8-10-18-35(32)45)28-21-19-26(20-22-28)30-23-24-36-33(25-30)41-39(46-36)29-13-5-2-6-14-29/h1-25H. The van der Waals surface area contributed by atoms with Crippen LogP contribution in [0.4, 0.5) is 0 Å². The summed E-state index contributed by atoms with van der Waals surface area (Å²) in [5.41, 5.74) is 8.59. The number of rotatable bonds is 5. The SMILES string of the molecule is c1ccc(-c2nc(-c3ccc(-c4ccc5oc(-c6ccccc6)nc5c4)cc3)nc(-n3c4ccccc4c4ccccc43)n2)cc1. The first-order valence-electron chi connectivity index (χ1n) is 15.2. The Balaban J connectivity index is 1.15. The second-order valence-corrected chi connectivity index (χ2v) is 11.2. The second kappa shape index (κ2) is 10.6. The molecule has 46 heavy (non-hydrogen) atoms. The van der Waals surface area contributed by atoms with Crippen LogP contribution in [-0.2, 0) is 0 Å². The van der Waals surface area contributed by atoms with Crippen LogP contribution in [0.5, 0.6) is 0 Å². The van der Waals surface area contributed by atoms with Gasteiger partial charge in [-0.1, -0.05) is 115 Å². The Morgan fingerprint density at radius 2 is 0.935 bits per heavy atom. The van der Waals surface area contributed by atoms with Crippen molar-refractivity contribution in [1.29, 1.82) is 0 Å². The highest BCUT2D eigenvalue weighted by atomic mass is 16.3. The molecule has 3 aromatic heterocycles. The molecule has 0 radical (unpaired) electrons. The van der Waals surface area contributed by atoms with Crippen molar-refractivity contribution in [2.75, 3.05) is 0 Å². The van der Waals surface area contributed by atoms with E-state index in [4.69, 9.17) is 24.4 Å².